The predicted molar refractivity (Wildman–Crippen MR) is 118 cm³/mol. The van der Waals surface area contributed by atoms with Crippen molar-refractivity contribution in [1.82, 2.24) is 9.97 Å². The number of hydrogen-bond donors (Lipinski definition) is 1. The molecule has 0 bridgehead atoms. The Kier molecular flexibility index (Phi) is 5.54. The van der Waals surface area contributed by atoms with Crippen molar-refractivity contribution in [3.8, 4) is 0 Å². The van der Waals surface area contributed by atoms with E-state index in [2.05, 4.69) is 20.3 Å². The lowest BCUT2D eigenvalue weighted by atomic mass is 10.2. The van der Waals surface area contributed by atoms with E-state index >= 15 is 0 Å². The summed E-state index contributed by atoms with van der Waals surface area (Å²) in [6, 6.07) is 19.4. The van der Waals surface area contributed by atoms with Crippen LogP contribution in [0.3, 0.4) is 0 Å². The Balaban J connectivity index is 1.53. The molecule has 0 spiro atoms. The minimum Gasteiger partial charge on any atom is -0.344 e. The van der Waals surface area contributed by atoms with Gasteiger partial charge in [0.25, 0.3) is 0 Å². The third-order valence-corrected chi connectivity index (χ3v) is 6.42. The molecule has 2 aromatic carbocycles. The number of fused-ring (bicyclic) bond motifs is 1. The molecule has 0 saturated heterocycles. The number of hydrogen-bond acceptors (Lipinski definition) is 5. The van der Waals surface area contributed by atoms with Crippen LogP contribution >= 0.6 is 0 Å². The number of rotatable bonds is 5. The van der Waals surface area contributed by atoms with Crippen LogP contribution in [0.5, 0.6) is 0 Å². The maximum atomic E-state index is 13.1. The molecule has 0 saturated carbocycles. The van der Waals surface area contributed by atoms with Crippen molar-refractivity contribution in [2.24, 2.45) is 4.99 Å². The standard InChI is InChI=1S/C23H20N4O2S/c1-17(27-20-11-14-24-15-12-20)26-16-18-7-9-21(10-8-18)30(28,29)22-6-2-4-19-5-3-13-25-23(19)22/h2-15H,16H2,1H3,(H,24,26,27). The van der Waals surface area contributed by atoms with Gasteiger partial charge in [-0.25, -0.2) is 8.42 Å². The van der Waals surface area contributed by atoms with Gasteiger partial charge >= 0.3 is 0 Å². The van der Waals surface area contributed by atoms with Crippen LogP contribution in [0, 0.1) is 0 Å². The number of aromatic nitrogens is 2. The van der Waals surface area contributed by atoms with Crippen LogP contribution in [-0.2, 0) is 16.4 Å². The topological polar surface area (TPSA) is 84.3 Å². The molecular weight excluding hydrogens is 396 g/mol. The number of pyridine rings is 2. The van der Waals surface area contributed by atoms with Gasteiger partial charge < -0.3 is 5.32 Å². The highest BCUT2D eigenvalue weighted by atomic mass is 32.2. The second kappa shape index (κ2) is 8.42. The summed E-state index contributed by atoms with van der Waals surface area (Å²) in [6.45, 7) is 2.33. The molecule has 0 aliphatic rings. The van der Waals surface area contributed by atoms with Crippen molar-refractivity contribution < 1.29 is 8.42 Å². The molecule has 0 aliphatic carbocycles. The van der Waals surface area contributed by atoms with E-state index in [1.165, 1.54) is 0 Å². The molecule has 0 aliphatic heterocycles. The van der Waals surface area contributed by atoms with Gasteiger partial charge in [0.2, 0.25) is 9.84 Å². The first-order valence-electron chi connectivity index (χ1n) is 9.40. The van der Waals surface area contributed by atoms with Crippen LogP contribution in [0.25, 0.3) is 10.9 Å². The summed E-state index contributed by atoms with van der Waals surface area (Å²) in [5.41, 5.74) is 2.31. The highest BCUT2D eigenvalue weighted by Crippen LogP contribution is 2.27. The lowest BCUT2D eigenvalue weighted by Crippen LogP contribution is -2.07. The van der Waals surface area contributed by atoms with Gasteiger partial charge in [0.05, 0.1) is 27.7 Å². The van der Waals surface area contributed by atoms with Gasteiger partial charge in [-0.05, 0) is 48.9 Å². The molecule has 0 fully saturated rings. The van der Waals surface area contributed by atoms with Gasteiger partial charge in [-0.15, -0.1) is 0 Å². The average Bonchev–Trinajstić information content (AvgIpc) is 2.78. The second-order valence-electron chi connectivity index (χ2n) is 6.74. The smallest absolute Gasteiger partial charge is 0.208 e. The van der Waals surface area contributed by atoms with Crippen LogP contribution in [0.15, 0.2) is 100 Å². The van der Waals surface area contributed by atoms with Crippen molar-refractivity contribution >= 4 is 32.3 Å². The van der Waals surface area contributed by atoms with Crippen molar-refractivity contribution in [1.29, 1.82) is 0 Å². The highest BCUT2D eigenvalue weighted by Gasteiger charge is 2.20. The molecule has 0 radical (unpaired) electrons. The fourth-order valence-electron chi connectivity index (χ4n) is 3.09. The van der Waals surface area contributed by atoms with Crippen LogP contribution in [0.1, 0.15) is 12.5 Å². The predicted octanol–water partition coefficient (Wildman–Crippen LogP) is 4.49. The Morgan fingerprint density at radius 1 is 0.933 bits per heavy atom. The van der Waals surface area contributed by atoms with E-state index in [0.717, 1.165) is 22.5 Å². The summed E-state index contributed by atoms with van der Waals surface area (Å²) >= 11 is 0. The first kappa shape index (κ1) is 19.7. The normalized spacial score (nSPS) is 12.1. The summed E-state index contributed by atoms with van der Waals surface area (Å²) < 4.78 is 26.3. The van der Waals surface area contributed by atoms with Crippen molar-refractivity contribution in [2.75, 3.05) is 5.32 Å². The molecule has 4 aromatic rings. The third-order valence-electron chi connectivity index (χ3n) is 4.62. The lowest BCUT2D eigenvalue weighted by Gasteiger charge is -2.08. The maximum absolute atomic E-state index is 13.1. The molecule has 1 N–H and O–H groups in total. The van der Waals surface area contributed by atoms with E-state index in [9.17, 15) is 8.42 Å². The Morgan fingerprint density at radius 3 is 2.43 bits per heavy atom. The number of aliphatic imine (C=N–C) groups is 1. The van der Waals surface area contributed by atoms with E-state index in [-0.39, 0.29) is 9.79 Å². The van der Waals surface area contributed by atoms with E-state index in [0.29, 0.717) is 12.1 Å². The van der Waals surface area contributed by atoms with Gasteiger partial charge in [0.15, 0.2) is 0 Å². The monoisotopic (exact) mass is 416 g/mol. The van der Waals surface area contributed by atoms with Gasteiger partial charge in [-0.3, -0.25) is 15.0 Å². The summed E-state index contributed by atoms with van der Waals surface area (Å²) in [4.78, 5) is 13.2. The fourth-order valence-corrected chi connectivity index (χ4v) is 4.52. The largest absolute Gasteiger partial charge is 0.344 e. The minimum atomic E-state index is -3.67. The quantitative estimate of drug-likeness (QED) is 0.383. The molecule has 0 atom stereocenters. The molecule has 4 rings (SSSR count). The lowest BCUT2D eigenvalue weighted by molar-refractivity contribution is 0.596. The molecule has 6 nitrogen and oxygen atoms in total. The molecule has 0 unspecified atom stereocenters. The zero-order valence-electron chi connectivity index (χ0n) is 16.4. The van der Waals surface area contributed by atoms with Crippen LogP contribution < -0.4 is 5.32 Å². The zero-order chi connectivity index (χ0) is 21.0. The van der Waals surface area contributed by atoms with Gasteiger partial charge in [0, 0.05) is 29.7 Å². The first-order valence-corrected chi connectivity index (χ1v) is 10.9. The Bertz CT molecular complexity index is 1300. The number of amidine groups is 1. The number of sulfone groups is 1. The van der Waals surface area contributed by atoms with Crippen LogP contribution in [0.4, 0.5) is 5.69 Å². The van der Waals surface area contributed by atoms with Crippen LogP contribution in [-0.4, -0.2) is 24.2 Å². The summed E-state index contributed by atoms with van der Waals surface area (Å²) in [7, 11) is -3.67. The van der Waals surface area contributed by atoms with Crippen molar-refractivity contribution in [3.05, 3.63) is 90.9 Å². The summed E-state index contributed by atoms with van der Waals surface area (Å²) in [6.07, 6.45) is 5.02. The summed E-state index contributed by atoms with van der Waals surface area (Å²) in [5.74, 6) is 0.764. The molecule has 30 heavy (non-hydrogen) atoms. The SMILES string of the molecule is CC(=NCc1ccc(S(=O)(=O)c2cccc3cccnc23)cc1)Nc1ccncc1. The van der Waals surface area contributed by atoms with Crippen molar-refractivity contribution in [3.63, 3.8) is 0 Å². The number of anilines is 1. The molecule has 150 valence electrons. The van der Waals surface area contributed by atoms with Crippen LogP contribution in [0.2, 0.25) is 0 Å². The molecule has 0 amide bonds. The van der Waals surface area contributed by atoms with Gasteiger partial charge in [-0.1, -0.05) is 30.3 Å². The zero-order valence-corrected chi connectivity index (χ0v) is 17.2. The van der Waals surface area contributed by atoms with E-state index < -0.39 is 9.84 Å². The third kappa shape index (κ3) is 4.21. The minimum absolute atomic E-state index is 0.212. The Labute approximate surface area is 175 Å². The number of para-hydroxylation sites is 1. The Morgan fingerprint density at radius 2 is 1.67 bits per heavy atom. The second-order valence-corrected chi connectivity index (χ2v) is 8.66. The molecule has 2 heterocycles. The van der Waals surface area contributed by atoms with E-state index in [1.54, 1.807) is 61.1 Å². The number of nitrogens with zero attached hydrogens (tertiary/aromatic N) is 3. The molecular formula is C23H20N4O2S. The Hall–Kier alpha value is -3.58. The maximum Gasteiger partial charge on any atom is 0.208 e. The highest BCUT2D eigenvalue weighted by molar-refractivity contribution is 7.91. The fraction of sp³-hybridized carbons (Fsp3) is 0.0870. The first-order chi connectivity index (χ1) is 14.5. The van der Waals surface area contributed by atoms with Crippen molar-refractivity contribution in [2.45, 2.75) is 23.3 Å². The average molecular weight is 417 g/mol. The number of benzene rings is 2. The van der Waals surface area contributed by atoms with Gasteiger partial charge in [0.1, 0.15) is 0 Å². The van der Waals surface area contributed by atoms with E-state index in [4.69, 9.17) is 0 Å². The van der Waals surface area contributed by atoms with Gasteiger partial charge in [-0.2, -0.15) is 0 Å². The molecule has 7 heteroatoms. The van der Waals surface area contributed by atoms with E-state index in [1.807, 2.05) is 31.2 Å². The molecule has 2 aromatic heterocycles. The summed E-state index contributed by atoms with van der Waals surface area (Å²) in [5, 5.41) is 3.99. The number of nitrogens with one attached hydrogen (secondary N) is 1.